The van der Waals surface area contributed by atoms with Gasteiger partial charge in [-0.15, -0.1) is 0 Å². The van der Waals surface area contributed by atoms with Crippen LogP contribution in [0.1, 0.15) is 78.0 Å². The number of phenols is 2. The molecule has 0 aromatic heterocycles. The average Bonchev–Trinajstić information content (AvgIpc) is 3.58. The minimum Gasteiger partial charge on any atom is -0.508 e. The molecule has 3 rings (SSSR count). The molecule has 2 aromatic carbocycles. The Labute approximate surface area is 236 Å². The second kappa shape index (κ2) is 13.1. The Bertz CT molecular complexity index is 1180. The van der Waals surface area contributed by atoms with Crippen molar-refractivity contribution in [3.63, 3.8) is 0 Å². The second-order valence-electron chi connectivity index (χ2n) is 11.8. The largest absolute Gasteiger partial charge is 0.508 e. The Balaban J connectivity index is 2.05. The molecule has 0 saturated heterocycles. The molecule has 2 aromatic rings. The first kappa shape index (κ1) is 30.8. The van der Waals surface area contributed by atoms with E-state index < -0.39 is 35.6 Å². The molecule has 0 radical (unpaired) electrons. The summed E-state index contributed by atoms with van der Waals surface area (Å²) in [4.78, 5) is 42.7. The van der Waals surface area contributed by atoms with Crippen LogP contribution in [0.4, 0.5) is 4.79 Å². The van der Waals surface area contributed by atoms with Crippen LogP contribution < -0.4 is 10.6 Å². The van der Waals surface area contributed by atoms with Crippen molar-refractivity contribution in [3.8, 4) is 11.5 Å². The van der Waals surface area contributed by atoms with E-state index in [0.29, 0.717) is 17.5 Å². The minimum absolute atomic E-state index is 0.0812. The number of amides is 3. The fourth-order valence-corrected chi connectivity index (χ4v) is 4.83. The number of para-hydroxylation sites is 1. The molecule has 40 heavy (non-hydrogen) atoms. The van der Waals surface area contributed by atoms with Gasteiger partial charge < -0.3 is 30.5 Å². The summed E-state index contributed by atoms with van der Waals surface area (Å²) in [5.41, 5.74) is 0.238. The van der Waals surface area contributed by atoms with E-state index in [0.717, 1.165) is 12.8 Å². The lowest BCUT2D eigenvalue weighted by molar-refractivity contribution is -0.143. The molecular weight excluding hydrogens is 510 g/mol. The Morgan fingerprint density at radius 3 is 2.23 bits per heavy atom. The molecule has 0 bridgehead atoms. The summed E-state index contributed by atoms with van der Waals surface area (Å²) in [7, 11) is 0. The van der Waals surface area contributed by atoms with E-state index >= 15 is 0 Å². The molecule has 0 spiro atoms. The molecule has 1 aliphatic carbocycles. The number of rotatable bonds is 11. The van der Waals surface area contributed by atoms with Crippen molar-refractivity contribution >= 4 is 17.9 Å². The zero-order chi connectivity index (χ0) is 29.6. The lowest BCUT2D eigenvalue weighted by atomic mass is 9.98. The lowest BCUT2D eigenvalue weighted by Gasteiger charge is -2.36. The van der Waals surface area contributed by atoms with Gasteiger partial charge >= 0.3 is 6.09 Å². The Morgan fingerprint density at radius 2 is 1.68 bits per heavy atom. The summed E-state index contributed by atoms with van der Waals surface area (Å²) < 4.78 is 5.46. The van der Waals surface area contributed by atoms with Gasteiger partial charge in [0.25, 0.3) is 0 Å². The summed E-state index contributed by atoms with van der Waals surface area (Å²) in [6.07, 6.45) is 1.67. The maximum Gasteiger partial charge on any atom is 0.408 e. The maximum absolute atomic E-state index is 14.4. The van der Waals surface area contributed by atoms with Gasteiger partial charge in [-0.2, -0.15) is 0 Å². The van der Waals surface area contributed by atoms with E-state index in [2.05, 4.69) is 10.6 Å². The predicted octanol–water partition coefficient (Wildman–Crippen LogP) is 4.82. The van der Waals surface area contributed by atoms with Gasteiger partial charge in [0.15, 0.2) is 0 Å². The average molecular weight is 554 g/mol. The van der Waals surface area contributed by atoms with Crippen molar-refractivity contribution in [3.05, 3.63) is 59.7 Å². The van der Waals surface area contributed by atoms with Crippen molar-refractivity contribution in [1.82, 2.24) is 15.5 Å². The first-order valence-corrected chi connectivity index (χ1v) is 14.0. The number of hydrogen-bond acceptors (Lipinski definition) is 6. The van der Waals surface area contributed by atoms with Crippen LogP contribution in [0.25, 0.3) is 0 Å². The van der Waals surface area contributed by atoms with Crippen molar-refractivity contribution in [2.24, 2.45) is 5.92 Å². The molecule has 9 nitrogen and oxygen atoms in total. The van der Waals surface area contributed by atoms with Crippen LogP contribution in [0.2, 0.25) is 0 Å². The van der Waals surface area contributed by atoms with Gasteiger partial charge in [0.2, 0.25) is 11.8 Å². The van der Waals surface area contributed by atoms with E-state index in [1.54, 1.807) is 51.1 Å². The first-order chi connectivity index (χ1) is 18.8. The van der Waals surface area contributed by atoms with E-state index in [4.69, 9.17) is 4.74 Å². The number of ether oxygens (including phenoxy) is 1. The molecule has 218 valence electrons. The molecule has 1 saturated carbocycles. The van der Waals surface area contributed by atoms with Crippen LogP contribution in [0.5, 0.6) is 11.5 Å². The number of carbonyl (C=O) groups excluding carboxylic acids is 3. The van der Waals surface area contributed by atoms with Crippen LogP contribution in [-0.2, 0) is 20.7 Å². The molecule has 0 aliphatic heterocycles. The van der Waals surface area contributed by atoms with Gasteiger partial charge in [0, 0.05) is 24.1 Å². The normalized spacial score (nSPS) is 18.6. The smallest absolute Gasteiger partial charge is 0.408 e. The molecule has 1 fully saturated rings. The van der Waals surface area contributed by atoms with Gasteiger partial charge in [-0.05, 0) is 70.2 Å². The summed E-state index contributed by atoms with van der Waals surface area (Å²) >= 11 is 0. The fraction of sp³-hybridized carbons (Fsp3) is 0.516. The van der Waals surface area contributed by atoms with Gasteiger partial charge in [-0.25, -0.2) is 4.79 Å². The van der Waals surface area contributed by atoms with Gasteiger partial charge in [0.1, 0.15) is 29.2 Å². The van der Waals surface area contributed by atoms with Gasteiger partial charge in [-0.1, -0.05) is 50.6 Å². The zero-order valence-electron chi connectivity index (χ0n) is 24.3. The SMILES string of the molecule is CCCC(C)NC(=O)C(c1ccccc1O)N(C(=O)C(Cc1ccc(O)cc1)NC(=O)OC(C)(C)C)C1CC1C. The van der Waals surface area contributed by atoms with Gasteiger partial charge in [0.05, 0.1) is 0 Å². The monoisotopic (exact) mass is 553 g/mol. The summed E-state index contributed by atoms with van der Waals surface area (Å²) in [6, 6.07) is 10.3. The molecule has 4 N–H and O–H groups in total. The van der Waals surface area contributed by atoms with Crippen molar-refractivity contribution in [2.75, 3.05) is 0 Å². The number of nitrogens with one attached hydrogen (secondary N) is 2. The topological polar surface area (TPSA) is 128 Å². The second-order valence-corrected chi connectivity index (χ2v) is 11.8. The molecule has 5 atom stereocenters. The Morgan fingerprint density at radius 1 is 1.05 bits per heavy atom. The number of benzene rings is 2. The van der Waals surface area contributed by atoms with E-state index in [1.165, 1.54) is 23.1 Å². The molecule has 9 heteroatoms. The third-order valence-corrected chi connectivity index (χ3v) is 6.91. The quantitative estimate of drug-likeness (QED) is 0.316. The number of alkyl carbamates (subject to hydrolysis) is 1. The number of carbonyl (C=O) groups is 3. The molecule has 3 amide bonds. The molecule has 5 unspecified atom stereocenters. The van der Waals surface area contributed by atoms with Crippen LogP contribution in [0.3, 0.4) is 0 Å². The zero-order valence-corrected chi connectivity index (χ0v) is 24.3. The van der Waals surface area contributed by atoms with E-state index in [9.17, 15) is 24.6 Å². The highest BCUT2D eigenvalue weighted by Gasteiger charge is 2.48. The summed E-state index contributed by atoms with van der Waals surface area (Å²) in [5, 5.41) is 26.3. The number of nitrogens with zero attached hydrogens (tertiary/aromatic N) is 1. The highest BCUT2D eigenvalue weighted by Crippen LogP contribution is 2.42. The van der Waals surface area contributed by atoms with Crippen LogP contribution >= 0.6 is 0 Å². The van der Waals surface area contributed by atoms with Crippen LogP contribution in [0, 0.1) is 5.92 Å². The molecular formula is C31H43N3O6. The predicted molar refractivity (Wildman–Crippen MR) is 153 cm³/mol. The Hall–Kier alpha value is -3.75. The molecule has 0 heterocycles. The minimum atomic E-state index is -1.11. The van der Waals surface area contributed by atoms with Crippen molar-refractivity contribution < 1.29 is 29.3 Å². The summed E-state index contributed by atoms with van der Waals surface area (Å²) in [6.45, 7) is 11.1. The van der Waals surface area contributed by atoms with Crippen molar-refractivity contribution in [2.45, 2.75) is 97.0 Å². The van der Waals surface area contributed by atoms with Crippen molar-refractivity contribution in [1.29, 1.82) is 0 Å². The van der Waals surface area contributed by atoms with Gasteiger partial charge in [-0.3, -0.25) is 9.59 Å². The van der Waals surface area contributed by atoms with Crippen LogP contribution in [0.15, 0.2) is 48.5 Å². The lowest BCUT2D eigenvalue weighted by Crippen LogP contribution is -2.55. The number of phenolic OH excluding ortho intramolecular Hbond substituents is 2. The maximum atomic E-state index is 14.4. The highest BCUT2D eigenvalue weighted by molar-refractivity contribution is 5.93. The Kier molecular flexibility index (Phi) is 10.1. The number of aromatic hydroxyl groups is 2. The first-order valence-electron chi connectivity index (χ1n) is 14.0. The summed E-state index contributed by atoms with van der Waals surface area (Å²) in [5.74, 6) is -0.728. The van der Waals surface area contributed by atoms with E-state index in [-0.39, 0.29) is 35.9 Å². The van der Waals surface area contributed by atoms with Crippen LogP contribution in [-0.4, -0.2) is 56.7 Å². The standard InChI is InChI=1S/C31H43N3O6/c1-7-10-20(3)32-28(37)27(23-11-8-9-12-26(23)36)34(25-17-19(25)2)29(38)24(33-30(39)40-31(4,5)6)18-21-13-15-22(35)16-14-21/h8-9,11-16,19-20,24-25,27,35-36H,7,10,17-18H2,1-6H3,(H,32,37)(H,33,39). The fourth-order valence-electron chi connectivity index (χ4n) is 4.83. The molecule has 1 aliphatic rings. The third kappa shape index (κ3) is 8.37. The highest BCUT2D eigenvalue weighted by atomic mass is 16.6. The van der Waals surface area contributed by atoms with E-state index in [1.807, 2.05) is 20.8 Å². The number of hydrogen-bond donors (Lipinski definition) is 4. The third-order valence-electron chi connectivity index (χ3n) is 6.91.